The van der Waals surface area contributed by atoms with Gasteiger partial charge in [-0.3, -0.25) is 4.79 Å². The Kier molecular flexibility index (Phi) is 6.50. The van der Waals surface area contributed by atoms with Crippen LogP contribution in [0.4, 0.5) is 11.5 Å². The highest BCUT2D eigenvalue weighted by Crippen LogP contribution is 2.37. The number of benzene rings is 1. The average molecular weight is 420 g/mol. The van der Waals surface area contributed by atoms with Crippen LogP contribution >= 0.6 is 23.1 Å². The van der Waals surface area contributed by atoms with E-state index in [0.29, 0.717) is 21.9 Å². The summed E-state index contributed by atoms with van der Waals surface area (Å²) in [5, 5.41) is 24.4. The molecule has 29 heavy (non-hydrogen) atoms. The summed E-state index contributed by atoms with van der Waals surface area (Å²) in [6.07, 6.45) is 0.250. The first kappa shape index (κ1) is 20.4. The van der Waals surface area contributed by atoms with E-state index in [1.165, 1.54) is 23.1 Å². The van der Waals surface area contributed by atoms with Crippen molar-refractivity contribution in [2.45, 2.75) is 18.4 Å². The maximum atomic E-state index is 12.3. The maximum Gasteiger partial charge on any atom is 0.225 e. The summed E-state index contributed by atoms with van der Waals surface area (Å²) >= 11 is 2.71. The van der Waals surface area contributed by atoms with Gasteiger partial charge in [-0.1, -0.05) is 24.3 Å². The van der Waals surface area contributed by atoms with E-state index < -0.39 is 0 Å². The van der Waals surface area contributed by atoms with Gasteiger partial charge in [-0.2, -0.15) is 10.5 Å². The first-order chi connectivity index (χ1) is 14.0. The van der Waals surface area contributed by atoms with Crippen LogP contribution in [0.2, 0.25) is 0 Å². The number of rotatable bonds is 6. The summed E-state index contributed by atoms with van der Waals surface area (Å²) in [7, 11) is 0. The third kappa shape index (κ3) is 4.57. The number of carbonyl (C=O) groups is 1. The number of nitriles is 2. The van der Waals surface area contributed by atoms with Crippen molar-refractivity contribution in [1.82, 2.24) is 4.98 Å². The van der Waals surface area contributed by atoms with Crippen LogP contribution in [0.25, 0.3) is 10.4 Å². The minimum Gasteiger partial charge on any atom is -0.383 e. The molecular formula is C21H17N5OS2. The van der Waals surface area contributed by atoms with Crippen LogP contribution in [-0.4, -0.2) is 16.6 Å². The van der Waals surface area contributed by atoms with Crippen LogP contribution in [0, 0.1) is 29.6 Å². The molecule has 2 aromatic heterocycles. The Balaban J connectivity index is 1.78. The van der Waals surface area contributed by atoms with E-state index in [0.717, 1.165) is 16.1 Å². The number of anilines is 2. The normalized spacial score (nSPS) is 10.2. The van der Waals surface area contributed by atoms with Gasteiger partial charge >= 0.3 is 0 Å². The predicted molar refractivity (Wildman–Crippen MR) is 117 cm³/mol. The Hall–Kier alpha value is -3.33. The highest BCUT2D eigenvalue weighted by atomic mass is 32.2. The van der Waals surface area contributed by atoms with Gasteiger partial charge in [-0.25, -0.2) is 4.98 Å². The molecule has 0 saturated heterocycles. The Labute approximate surface area is 177 Å². The third-order valence-electron chi connectivity index (χ3n) is 4.17. The zero-order chi connectivity index (χ0) is 20.8. The third-order valence-corrected chi connectivity index (χ3v) is 6.03. The molecule has 0 fully saturated rings. The first-order valence-electron chi connectivity index (χ1n) is 8.71. The molecule has 8 heteroatoms. The number of aryl methyl sites for hydroxylation is 1. The number of nitrogens with one attached hydrogen (secondary N) is 1. The van der Waals surface area contributed by atoms with Crippen molar-refractivity contribution in [2.75, 3.05) is 16.8 Å². The average Bonchev–Trinajstić information content (AvgIpc) is 3.23. The molecule has 3 rings (SSSR count). The molecule has 0 spiro atoms. The number of carbonyl (C=O) groups excluding carboxylic acids is 1. The van der Waals surface area contributed by atoms with E-state index in [1.807, 2.05) is 48.7 Å². The molecule has 0 atom stereocenters. The molecule has 3 N–H and O–H groups in total. The largest absolute Gasteiger partial charge is 0.383 e. The maximum absolute atomic E-state index is 12.3. The van der Waals surface area contributed by atoms with Crippen molar-refractivity contribution < 1.29 is 4.79 Å². The summed E-state index contributed by atoms with van der Waals surface area (Å²) in [5.74, 6) is 0.390. The molecular weight excluding hydrogens is 402 g/mol. The van der Waals surface area contributed by atoms with E-state index in [-0.39, 0.29) is 23.7 Å². The number of aromatic nitrogens is 1. The van der Waals surface area contributed by atoms with Gasteiger partial charge in [0, 0.05) is 28.3 Å². The van der Waals surface area contributed by atoms with Crippen LogP contribution in [-0.2, 0) is 4.79 Å². The van der Waals surface area contributed by atoms with E-state index in [9.17, 15) is 15.3 Å². The number of para-hydroxylation sites is 1. The monoisotopic (exact) mass is 419 g/mol. The lowest BCUT2D eigenvalue weighted by Gasteiger charge is -2.12. The van der Waals surface area contributed by atoms with Gasteiger partial charge in [-0.05, 0) is 30.0 Å². The van der Waals surface area contributed by atoms with Gasteiger partial charge in [0.05, 0.1) is 5.56 Å². The fraction of sp³-hybridized carbons (Fsp3) is 0.143. The van der Waals surface area contributed by atoms with Crippen LogP contribution in [0.15, 0.2) is 46.8 Å². The van der Waals surface area contributed by atoms with Crippen LogP contribution < -0.4 is 11.1 Å². The first-order valence-corrected chi connectivity index (χ1v) is 10.6. The Morgan fingerprint density at radius 3 is 2.62 bits per heavy atom. The van der Waals surface area contributed by atoms with E-state index >= 15 is 0 Å². The lowest BCUT2D eigenvalue weighted by Crippen LogP contribution is -2.13. The van der Waals surface area contributed by atoms with Crippen molar-refractivity contribution >= 4 is 40.5 Å². The summed E-state index contributed by atoms with van der Waals surface area (Å²) in [5.41, 5.74) is 8.76. The summed E-state index contributed by atoms with van der Waals surface area (Å²) < 4.78 is 0. The second kappa shape index (κ2) is 9.24. The Morgan fingerprint density at radius 2 is 1.97 bits per heavy atom. The van der Waals surface area contributed by atoms with Crippen LogP contribution in [0.3, 0.4) is 0 Å². The molecule has 144 valence electrons. The number of hydrogen-bond donors (Lipinski definition) is 2. The van der Waals surface area contributed by atoms with E-state index in [1.54, 1.807) is 0 Å². The fourth-order valence-corrected chi connectivity index (χ4v) is 4.45. The molecule has 6 nitrogen and oxygen atoms in total. The van der Waals surface area contributed by atoms with Crippen molar-refractivity contribution in [3.8, 4) is 22.6 Å². The predicted octanol–water partition coefficient (Wildman–Crippen LogP) is 4.56. The summed E-state index contributed by atoms with van der Waals surface area (Å²) in [6, 6.07) is 15.5. The highest BCUT2D eigenvalue weighted by molar-refractivity contribution is 7.99. The molecule has 1 aromatic carbocycles. The van der Waals surface area contributed by atoms with Gasteiger partial charge in [0.15, 0.2) is 0 Å². The second-order valence-electron chi connectivity index (χ2n) is 6.09. The summed E-state index contributed by atoms with van der Waals surface area (Å²) in [6.45, 7) is 1.93. The molecule has 0 bridgehead atoms. The Morgan fingerprint density at radius 1 is 1.21 bits per heavy atom. The molecule has 0 aliphatic carbocycles. The molecule has 0 unspecified atom stereocenters. The van der Waals surface area contributed by atoms with Crippen molar-refractivity contribution in [3.05, 3.63) is 58.5 Å². The second-order valence-corrected chi connectivity index (χ2v) is 8.12. The van der Waals surface area contributed by atoms with Crippen molar-refractivity contribution in [2.24, 2.45) is 0 Å². The quantitative estimate of drug-likeness (QED) is 0.566. The fourth-order valence-electron chi connectivity index (χ4n) is 2.74. The minimum atomic E-state index is -0.120. The molecule has 0 aliphatic rings. The molecule has 2 heterocycles. The topological polar surface area (TPSA) is 116 Å². The lowest BCUT2D eigenvalue weighted by atomic mass is 10.0. The molecule has 3 aromatic rings. The standard InChI is InChI=1S/C21H17N5OS2/c1-13-5-2-3-6-16(13)25-18(27)8-10-29-21-15(12-23)19(17-7-4-9-28-17)14(11-22)20(24)26-21/h2-7,9H,8,10H2,1H3,(H2,24,26)(H,25,27). The number of thiophene rings is 1. The van der Waals surface area contributed by atoms with Gasteiger partial charge in [0.1, 0.15) is 28.5 Å². The Bertz CT molecular complexity index is 1130. The SMILES string of the molecule is Cc1ccccc1NC(=O)CCSc1nc(N)c(C#N)c(-c2cccs2)c1C#N. The van der Waals surface area contributed by atoms with Gasteiger partial charge in [0.25, 0.3) is 0 Å². The van der Waals surface area contributed by atoms with Gasteiger partial charge in [-0.15, -0.1) is 23.1 Å². The molecule has 1 amide bonds. The van der Waals surface area contributed by atoms with E-state index in [4.69, 9.17) is 5.73 Å². The number of nitrogens with zero attached hydrogens (tertiary/aromatic N) is 3. The molecule has 0 saturated carbocycles. The number of pyridine rings is 1. The smallest absolute Gasteiger partial charge is 0.225 e. The number of nitrogens with two attached hydrogens (primary N) is 1. The van der Waals surface area contributed by atoms with Crippen molar-refractivity contribution in [3.63, 3.8) is 0 Å². The number of hydrogen-bond acceptors (Lipinski definition) is 7. The van der Waals surface area contributed by atoms with Gasteiger partial charge in [0.2, 0.25) is 5.91 Å². The zero-order valence-electron chi connectivity index (χ0n) is 15.6. The highest BCUT2D eigenvalue weighted by Gasteiger charge is 2.21. The number of amides is 1. The van der Waals surface area contributed by atoms with Crippen LogP contribution in [0.5, 0.6) is 0 Å². The summed E-state index contributed by atoms with van der Waals surface area (Å²) in [4.78, 5) is 17.3. The number of thioether (sulfide) groups is 1. The van der Waals surface area contributed by atoms with E-state index in [2.05, 4.69) is 22.4 Å². The van der Waals surface area contributed by atoms with Crippen LogP contribution in [0.1, 0.15) is 23.1 Å². The minimum absolute atomic E-state index is 0.0850. The molecule has 0 radical (unpaired) electrons. The number of nitrogen functional groups attached to an aromatic ring is 1. The van der Waals surface area contributed by atoms with Crippen molar-refractivity contribution in [1.29, 1.82) is 10.5 Å². The van der Waals surface area contributed by atoms with Gasteiger partial charge < -0.3 is 11.1 Å². The molecule has 0 aliphatic heterocycles. The zero-order valence-corrected chi connectivity index (χ0v) is 17.2. The lowest BCUT2D eigenvalue weighted by molar-refractivity contribution is -0.115.